The van der Waals surface area contributed by atoms with Crippen molar-refractivity contribution in [1.29, 1.82) is 0 Å². The van der Waals surface area contributed by atoms with Crippen molar-refractivity contribution in [2.75, 3.05) is 19.8 Å². The van der Waals surface area contributed by atoms with E-state index < -0.39 is 12.1 Å². The SMILES string of the molecule is CCCCCCCCCCCCCCCCCCOC(=O)CNC(=O)OCC(C)C. The van der Waals surface area contributed by atoms with Crippen LogP contribution >= 0.6 is 0 Å². The van der Waals surface area contributed by atoms with Crippen molar-refractivity contribution in [3.63, 3.8) is 0 Å². The van der Waals surface area contributed by atoms with Gasteiger partial charge in [-0.25, -0.2) is 4.79 Å². The van der Waals surface area contributed by atoms with Gasteiger partial charge in [0.1, 0.15) is 6.54 Å². The van der Waals surface area contributed by atoms with E-state index in [2.05, 4.69) is 12.2 Å². The van der Waals surface area contributed by atoms with E-state index >= 15 is 0 Å². The first-order chi connectivity index (χ1) is 14.6. The van der Waals surface area contributed by atoms with Crippen LogP contribution in [0.2, 0.25) is 0 Å². The van der Waals surface area contributed by atoms with Crippen molar-refractivity contribution in [3.8, 4) is 0 Å². The van der Waals surface area contributed by atoms with Crippen LogP contribution in [0.25, 0.3) is 0 Å². The first-order valence-electron chi connectivity index (χ1n) is 12.6. The molecule has 1 N–H and O–H groups in total. The molecule has 0 aromatic carbocycles. The Balaban J connectivity index is 3.22. The maximum Gasteiger partial charge on any atom is 0.407 e. The van der Waals surface area contributed by atoms with E-state index in [1.807, 2.05) is 13.8 Å². The Labute approximate surface area is 186 Å². The molecular formula is C25H49NO4. The molecule has 0 atom stereocenters. The molecule has 5 heteroatoms. The van der Waals surface area contributed by atoms with Gasteiger partial charge in [0, 0.05) is 0 Å². The van der Waals surface area contributed by atoms with Crippen LogP contribution in [-0.4, -0.2) is 31.8 Å². The lowest BCUT2D eigenvalue weighted by atomic mass is 10.0. The number of alkyl carbamates (subject to hydrolysis) is 1. The molecule has 0 aromatic heterocycles. The summed E-state index contributed by atoms with van der Waals surface area (Å²) >= 11 is 0. The van der Waals surface area contributed by atoms with Crippen molar-refractivity contribution in [1.82, 2.24) is 5.32 Å². The van der Waals surface area contributed by atoms with Crippen molar-refractivity contribution >= 4 is 12.1 Å². The maximum absolute atomic E-state index is 11.6. The third kappa shape index (κ3) is 23.0. The van der Waals surface area contributed by atoms with E-state index in [0.717, 1.165) is 12.8 Å². The lowest BCUT2D eigenvalue weighted by Crippen LogP contribution is -2.32. The van der Waals surface area contributed by atoms with E-state index in [1.165, 1.54) is 89.9 Å². The molecule has 0 unspecified atom stereocenters. The second-order valence-corrected chi connectivity index (χ2v) is 8.87. The number of carbonyl (C=O) groups is 2. The van der Waals surface area contributed by atoms with Crippen LogP contribution < -0.4 is 5.32 Å². The quantitative estimate of drug-likeness (QED) is 0.156. The average Bonchev–Trinajstić information content (AvgIpc) is 2.72. The van der Waals surface area contributed by atoms with Crippen LogP contribution in [0.4, 0.5) is 4.79 Å². The van der Waals surface area contributed by atoms with Gasteiger partial charge in [0.05, 0.1) is 13.2 Å². The molecule has 0 heterocycles. The predicted octanol–water partition coefficient (Wildman–Crippen LogP) is 7.17. The molecule has 5 nitrogen and oxygen atoms in total. The van der Waals surface area contributed by atoms with Gasteiger partial charge in [0.25, 0.3) is 0 Å². The Bertz CT molecular complexity index is 399. The standard InChI is InChI=1S/C25H49NO4/c1-4-5-6-7-8-9-10-11-12-13-14-15-16-17-18-19-20-29-24(27)21-26-25(28)30-22-23(2)3/h23H,4-22H2,1-3H3,(H,26,28). The van der Waals surface area contributed by atoms with Gasteiger partial charge >= 0.3 is 12.1 Å². The first kappa shape index (κ1) is 28.7. The highest BCUT2D eigenvalue weighted by Gasteiger charge is 2.07. The molecule has 0 aliphatic carbocycles. The van der Waals surface area contributed by atoms with E-state index in [4.69, 9.17) is 9.47 Å². The second-order valence-electron chi connectivity index (χ2n) is 8.87. The minimum Gasteiger partial charge on any atom is -0.464 e. The molecule has 0 saturated carbocycles. The molecule has 0 rings (SSSR count). The van der Waals surface area contributed by atoms with Crippen molar-refractivity contribution < 1.29 is 19.1 Å². The summed E-state index contributed by atoms with van der Waals surface area (Å²) in [7, 11) is 0. The number of nitrogens with one attached hydrogen (secondary N) is 1. The minimum atomic E-state index is -0.567. The maximum atomic E-state index is 11.6. The van der Waals surface area contributed by atoms with Crippen LogP contribution in [0.1, 0.15) is 124 Å². The van der Waals surface area contributed by atoms with Crippen LogP contribution in [0.5, 0.6) is 0 Å². The molecule has 0 fully saturated rings. The third-order valence-corrected chi connectivity index (χ3v) is 5.19. The Morgan fingerprint density at radius 2 is 1.10 bits per heavy atom. The minimum absolute atomic E-state index is 0.129. The van der Waals surface area contributed by atoms with E-state index in [9.17, 15) is 9.59 Å². The normalized spacial score (nSPS) is 10.9. The number of esters is 1. The number of hydrogen-bond acceptors (Lipinski definition) is 4. The highest BCUT2D eigenvalue weighted by Crippen LogP contribution is 2.13. The average molecular weight is 428 g/mol. The number of carbonyl (C=O) groups excluding carboxylic acids is 2. The number of rotatable bonds is 21. The van der Waals surface area contributed by atoms with Gasteiger partial charge in [-0.1, -0.05) is 117 Å². The molecule has 30 heavy (non-hydrogen) atoms. The molecule has 0 spiro atoms. The number of ether oxygens (including phenoxy) is 2. The molecular weight excluding hydrogens is 378 g/mol. The summed E-state index contributed by atoms with van der Waals surface area (Å²) in [6.45, 7) is 6.84. The zero-order valence-electron chi connectivity index (χ0n) is 20.1. The van der Waals surface area contributed by atoms with E-state index in [-0.39, 0.29) is 12.5 Å². The van der Waals surface area contributed by atoms with Gasteiger partial charge in [0.2, 0.25) is 0 Å². The lowest BCUT2D eigenvalue weighted by molar-refractivity contribution is -0.142. The molecule has 0 bridgehead atoms. The Morgan fingerprint density at radius 1 is 0.667 bits per heavy atom. The van der Waals surface area contributed by atoms with E-state index in [1.54, 1.807) is 0 Å². The summed E-state index contributed by atoms with van der Waals surface area (Å²) in [4.78, 5) is 22.9. The fourth-order valence-corrected chi connectivity index (χ4v) is 3.32. The highest BCUT2D eigenvalue weighted by molar-refractivity contribution is 5.77. The summed E-state index contributed by atoms with van der Waals surface area (Å²) in [5, 5.41) is 2.41. The smallest absolute Gasteiger partial charge is 0.407 e. The van der Waals surface area contributed by atoms with Crippen LogP contribution in [0.3, 0.4) is 0 Å². The van der Waals surface area contributed by atoms with Gasteiger partial charge in [-0.15, -0.1) is 0 Å². The Morgan fingerprint density at radius 3 is 1.53 bits per heavy atom. The monoisotopic (exact) mass is 427 g/mol. The Hall–Kier alpha value is -1.26. The van der Waals surface area contributed by atoms with Crippen LogP contribution in [0, 0.1) is 5.92 Å². The Kier molecular flexibility index (Phi) is 21.5. The van der Waals surface area contributed by atoms with E-state index in [0.29, 0.717) is 13.2 Å². The summed E-state index contributed by atoms with van der Waals surface area (Å²) in [5.74, 6) is -0.130. The third-order valence-electron chi connectivity index (χ3n) is 5.19. The molecule has 178 valence electrons. The number of hydrogen-bond donors (Lipinski definition) is 1. The highest BCUT2D eigenvalue weighted by atomic mass is 16.6. The van der Waals surface area contributed by atoms with Gasteiger partial charge < -0.3 is 14.8 Å². The summed E-state index contributed by atoms with van der Waals surface area (Å²) in [6, 6.07) is 0. The zero-order chi connectivity index (χ0) is 22.3. The summed E-state index contributed by atoms with van der Waals surface area (Å²) in [5.41, 5.74) is 0. The van der Waals surface area contributed by atoms with Crippen molar-refractivity contribution in [2.45, 2.75) is 124 Å². The van der Waals surface area contributed by atoms with Gasteiger partial charge in [-0.05, 0) is 12.3 Å². The van der Waals surface area contributed by atoms with Gasteiger partial charge in [-0.3, -0.25) is 4.79 Å². The van der Waals surface area contributed by atoms with Gasteiger partial charge in [0.15, 0.2) is 0 Å². The number of unbranched alkanes of at least 4 members (excludes halogenated alkanes) is 15. The summed E-state index contributed by atoms with van der Waals surface area (Å²) < 4.78 is 10.1. The lowest BCUT2D eigenvalue weighted by Gasteiger charge is -2.09. The molecule has 0 aromatic rings. The molecule has 0 radical (unpaired) electrons. The van der Waals surface area contributed by atoms with Gasteiger partial charge in [-0.2, -0.15) is 0 Å². The summed E-state index contributed by atoms with van der Waals surface area (Å²) in [6.07, 6.45) is 20.6. The fourth-order valence-electron chi connectivity index (χ4n) is 3.32. The van der Waals surface area contributed by atoms with Crippen LogP contribution in [0.15, 0.2) is 0 Å². The topological polar surface area (TPSA) is 64.6 Å². The molecule has 0 aliphatic rings. The largest absolute Gasteiger partial charge is 0.464 e. The zero-order valence-corrected chi connectivity index (χ0v) is 20.1. The second kappa shape index (κ2) is 22.4. The van der Waals surface area contributed by atoms with Crippen LogP contribution in [-0.2, 0) is 14.3 Å². The molecule has 0 saturated heterocycles. The molecule has 0 aliphatic heterocycles. The first-order valence-corrected chi connectivity index (χ1v) is 12.6. The van der Waals surface area contributed by atoms with Crippen molar-refractivity contribution in [2.24, 2.45) is 5.92 Å². The predicted molar refractivity (Wildman–Crippen MR) is 125 cm³/mol. The fraction of sp³-hybridized carbons (Fsp3) is 0.920. The molecule has 1 amide bonds. The number of amides is 1. The van der Waals surface area contributed by atoms with Crippen molar-refractivity contribution in [3.05, 3.63) is 0 Å².